The first-order chi connectivity index (χ1) is 13.0. The van der Waals surface area contributed by atoms with Crippen molar-refractivity contribution in [2.24, 2.45) is 4.99 Å². The molecule has 0 aliphatic carbocycles. The smallest absolute Gasteiger partial charge is 0.363 e. The van der Waals surface area contributed by atoms with E-state index in [1.165, 1.54) is 18.2 Å². The van der Waals surface area contributed by atoms with Gasteiger partial charge >= 0.3 is 5.97 Å². The third-order valence-corrected chi connectivity index (χ3v) is 4.00. The van der Waals surface area contributed by atoms with E-state index in [9.17, 15) is 14.9 Å². The minimum atomic E-state index is -0.645. The Balaban J connectivity index is 1.95. The van der Waals surface area contributed by atoms with Gasteiger partial charge in [0.15, 0.2) is 5.70 Å². The second-order valence-electron chi connectivity index (χ2n) is 5.65. The molecule has 2 aromatic carbocycles. The fraction of sp³-hybridized carbons (Fsp3) is 0.158. The lowest BCUT2D eigenvalue weighted by atomic mass is 10.1. The van der Waals surface area contributed by atoms with Gasteiger partial charge in [0.1, 0.15) is 10.8 Å². The Labute approximate surface area is 160 Å². The number of esters is 1. The summed E-state index contributed by atoms with van der Waals surface area (Å²) in [6, 6.07) is 11.3. The molecule has 0 atom stereocenters. The summed E-state index contributed by atoms with van der Waals surface area (Å²) in [4.78, 5) is 26.8. The van der Waals surface area contributed by atoms with Gasteiger partial charge in [0.2, 0.25) is 5.90 Å². The molecule has 138 valence electrons. The fourth-order valence-corrected chi connectivity index (χ4v) is 2.60. The van der Waals surface area contributed by atoms with E-state index >= 15 is 0 Å². The van der Waals surface area contributed by atoms with Crippen molar-refractivity contribution in [3.8, 4) is 5.75 Å². The van der Waals surface area contributed by atoms with Crippen LogP contribution in [0.15, 0.2) is 53.2 Å². The van der Waals surface area contributed by atoms with Gasteiger partial charge in [-0.15, -0.1) is 0 Å². The van der Waals surface area contributed by atoms with Crippen molar-refractivity contribution in [3.05, 3.63) is 74.4 Å². The summed E-state index contributed by atoms with van der Waals surface area (Å²) in [5.41, 5.74) is 0.766. The molecule has 0 radical (unpaired) electrons. The number of benzene rings is 2. The number of hydrogen-bond donors (Lipinski definition) is 0. The number of cyclic esters (lactones) is 1. The van der Waals surface area contributed by atoms with Crippen molar-refractivity contribution in [3.63, 3.8) is 0 Å². The van der Waals surface area contributed by atoms with Gasteiger partial charge in [-0.05, 0) is 30.7 Å². The number of ether oxygens (including phenoxy) is 2. The summed E-state index contributed by atoms with van der Waals surface area (Å²) in [5, 5.41) is 11.0. The summed E-state index contributed by atoms with van der Waals surface area (Å²) in [6.07, 6.45) is 2.41. The molecule has 8 heteroatoms. The predicted octanol–water partition coefficient (Wildman–Crippen LogP) is 4.38. The van der Waals surface area contributed by atoms with E-state index in [-0.39, 0.29) is 22.3 Å². The second kappa shape index (κ2) is 8.01. The number of halogens is 1. The van der Waals surface area contributed by atoms with Crippen molar-refractivity contribution in [1.82, 2.24) is 0 Å². The second-order valence-corrected chi connectivity index (χ2v) is 6.05. The highest BCUT2D eigenvalue weighted by atomic mass is 35.5. The molecule has 0 saturated carbocycles. The molecule has 27 heavy (non-hydrogen) atoms. The van der Waals surface area contributed by atoms with Crippen LogP contribution in [0, 0.1) is 10.1 Å². The van der Waals surface area contributed by atoms with Crippen LogP contribution < -0.4 is 4.74 Å². The number of nitro benzene ring substituents is 1. The van der Waals surface area contributed by atoms with E-state index in [1.807, 2.05) is 19.1 Å². The number of hydrogen-bond acceptors (Lipinski definition) is 6. The molecular formula is C19H15ClN2O5. The predicted molar refractivity (Wildman–Crippen MR) is 101 cm³/mol. The number of carbonyl (C=O) groups excluding carboxylic acids is 1. The highest BCUT2D eigenvalue weighted by molar-refractivity contribution is 6.32. The van der Waals surface area contributed by atoms with Gasteiger partial charge in [-0.2, -0.15) is 0 Å². The molecule has 0 amide bonds. The Morgan fingerprint density at radius 2 is 2.07 bits per heavy atom. The molecule has 1 aliphatic heterocycles. The maximum absolute atomic E-state index is 12.2. The lowest BCUT2D eigenvalue weighted by Crippen LogP contribution is -2.06. The van der Waals surface area contributed by atoms with Crippen LogP contribution in [0.4, 0.5) is 5.69 Å². The Bertz CT molecular complexity index is 968. The zero-order valence-electron chi connectivity index (χ0n) is 14.3. The van der Waals surface area contributed by atoms with E-state index in [0.29, 0.717) is 23.5 Å². The molecule has 3 rings (SSSR count). The number of carbonyl (C=O) groups is 1. The molecule has 0 N–H and O–H groups in total. The zero-order chi connectivity index (χ0) is 19.4. The van der Waals surface area contributed by atoms with Crippen molar-refractivity contribution in [2.45, 2.75) is 13.3 Å². The molecular weight excluding hydrogens is 372 g/mol. The maximum atomic E-state index is 12.2. The molecule has 2 aromatic rings. The largest absolute Gasteiger partial charge is 0.493 e. The standard InChI is InChI=1S/C19H15ClN2O5/c1-2-9-26-17-6-4-3-5-12(17)10-15-19(23)27-18(21-15)13-7-8-14(20)16(11-13)22(24)25/h3-8,10-11H,2,9H2,1H3/b15-10-. The van der Waals surface area contributed by atoms with Gasteiger partial charge in [-0.1, -0.05) is 36.7 Å². The summed E-state index contributed by atoms with van der Waals surface area (Å²) in [5.74, 6) is -0.0312. The Hall–Kier alpha value is -3.19. The van der Waals surface area contributed by atoms with Crippen molar-refractivity contribution in [2.75, 3.05) is 6.61 Å². The van der Waals surface area contributed by atoms with Crippen LogP contribution in [0.1, 0.15) is 24.5 Å². The van der Waals surface area contributed by atoms with Crippen LogP contribution >= 0.6 is 11.6 Å². The van der Waals surface area contributed by atoms with Crippen molar-refractivity contribution >= 4 is 35.2 Å². The summed E-state index contributed by atoms with van der Waals surface area (Å²) >= 11 is 5.81. The Morgan fingerprint density at radius 3 is 2.81 bits per heavy atom. The number of para-hydroxylation sites is 1. The highest BCUT2D eigenvalue weighted by Crippen LogP contribution is 2.28. The maximum Gasteiger partial charge on any atom is 0.363 e. The molecule has 7 nitrogen and oxygen atoms in total. The molecule has 0 bridgehead atoms. The van der Waals surface area contributed by atoms with Crippen LogP contribution in [0.2, 0.25) is 5.02 Å². The topological polar surface area (TPSA) is 91.0 Å². The fourth-order valence-electron chi connectivity index (χ4n) is 2.41. The van der Waals surface area contributed by atoms with Gasteiger partial charge in [-0.3, -0.25) is 10.1 Å². The van der Waals surface area contributed by atoms with Gasteiger partial charge < -0.3 is 9.47 Å². The lowest BCUT2D eigenvalue weighted by molar-refractivity contribution is -0.384. The van der Waals surface area contributed by atoms with Crippen LogP contribution in [0.3, 0.4) is 0 Å². The molecule has 0 fully saturated rings. The van der Waals surface area contributed by atoms with Gasteiger partial charge in [-0.25, -0.2) is 9.79 Å². The van der Waals surface area contributed by atoms with E-state index in [2.05, 4.69) is 4.99 Å². The monoisotopic (exact) mass is 386 g/mol. The third kappa shape index (κ3) is 4.15. The first kappa shape index (κ1) is 18.6. The molecule has 0 unspecified atom stereocenters. The van der Waals surface area contributed by atoms with E-state index in [4.69, 9.17) is 21.1 Å². The summed E-state index contributed by atoms with van der Waals surface area (Å²) < 4.78 is 10.8. The zero-order valence-corrected chi connectivity index (χ0v) is 15.1. The van der Waals surface area contributed by atoms with Crippen molar-refractivity contribution in [1.29, 1.82) is 0 Å². The molecule has 0 saturated heterocycles. The molecule has 1 heterocycles. The van der Waals surface area contributed by atoms with Crippen LogP contribution in [0.25, 0.3) is 6.08 Å². The Morgan fingerprint density at radius 1 is 1.30 bits per heavy atom. The van der Waals surface area contributed by atoms with Crippen LogP contribution in [0.5, 0.6) is 5.75 Å². The average molecular weight is 387 g/mol. The van der Waals surface area contributed by atoms with E-state index in [0.717, 1.165) is 6.42 Å². The number of nitro groups is 1. The third-order valence-electron chi connectivity index (χ3n) is 3.68. The normalized spacial score (nSPS) is 14.8. The number of rotatable bonds is 6. The quantitative estimate of drug-likeness (QED) is 0.318. The average Bonchev–Trinajstić information content (AvgIpc) is 3.01. The minimum absolute atomic E-state index is 0.00793. The Kier molecular flexibility index (Phi) is 5.52. The van der Waals surface area contributed by atoms with E-state index < -0.39 is 10.9 Å². The molecule has 0 aromatic heterocycles. The summed E-state index contributed by atoms with van der Waals surface area (Å²) in [6.45, 7) is 2.55. The first-order valence-electron chi connectivity index (χ1n) is 8.18. The van der Waals surface area contributed by atoms with Gasteiger partial charge in [0.05, 0.1) is 11.5 Å². The molecule has 0 spiro atoms. The van der Waals surface area contributed by atoms with Gasteiger partial charge in [0, 0.05) is 17.2 Å². The first-order valence-corrected chi connectivity index (χ1v) is 8.56. The van der Waals surface area contributed by atoms with Gasteiger partial charge in [0.25, 0.3) is 5.69 Å². The SMILES string of the molecule is CCCOc1ccccc1/C=C1\N=C(c2ccc(Cl)c([N+](=O)[O-])c2)OC1=O. The van der Waals surface area contributed by atoms with Crippen LogP contribution in [-0.2, 0) is 9.53 Å². The summed E-state index contributed by atoms with van der Waals surface area (Å²) in [7, 11) is 0. The minimum Gasteiger partial charge on any atom is -0.493 e. The number of aliphatic imine (C=N–C) groups is 1. The number of nitrogens with zero attached hydrogens (tertiary/aromatic N) is 2. The van der Waals surface area contributed by atoms with E-state index in [1.54, 1.807) is 18.2 Å². The van der Waals surface area contributed by atoms with Crippen molar-refractivity contribution < 1.29 is 19.2 Å². The molecule has 1 aliphatic rings. The lowest BCUT2D eigenvalue weighted by Gasteiger charge is -2.07. The highest BCUT2D eigenvalue weighted by Gasteiger charge is 2.26. The van der Waals surface area contributed by atoms with Crippen LogP contribution in [-0.4, -0.2) is 23.4 Å².